The van der Waals surface area contributed by atoms with E-state index in [0.717, 1.165) is 32.9 Å². The standard InChI is InChI=1S/C16H13N3S/c1-11-4-7-15(14-3-2-8-18-16(11)14)19-10-13-6-5-12(9-17)20-13/h2-8,19H,10H2,1H3. The molecule has 3 rings (SSSR count). The molecule has 0 fully saturated rings. The minimum absolute atomic E-state index is 0.722. The van der Waals surface area contributed by atoms with Crippen molar-refractivity contribution in [1.29, 1.82) is 5.26 Å². The zero-order valence-electron chi connectivity index (χ0n) is 11.1. The molecule has 2 aromatic heterocycles. The molecule has 0 aliphatic heterocycles. The molecule has 0 unspecified atom stereocenters. The molecule has 0 amide bonds. The maximum absolute atomic E-state index is 8.84. The van der Waals surface area contributed by atoms with E-state index in [1.165, 1.54) is 16.9 Å². The zero-order valence-corrected chi connectivity index (χ0v) is 11.9. The molecule has 0 saturated carbocycles. The summed E-state index contributed by atoms with van der Waals surface area (Å²) < 4.78 is 0. The van der Waals surface area contributed by atoms with Crippen LogP contribution in [-0.2, 0) is 6.54 Å². The van der Waals surface area contributed by atoms with Gasteiger partial charge in [-0.2, -0.15) is 5.26 Å². The molecule has 0 spiro atoms. The molecule has 0 radical (unpaired) electrons. The van der Waals surface area contributed by atoms with E-state index in [4.69, 9.17) is 5.26 Å². The SMILES string of the molecule is Cc1ccc(NCc2ccc(C#N)s2)c2cccnc12. The minimum Gasteiger partial charge on any atom is -0.380 e. The Morgan fingerprint density at radius 2 is 2.15 bits per heavy atom. The fourth-order valence-electron chi connectivity index (χ4n) is 2.18. The maximum Gasteiger partial charge on any atom is 0.110 e. The van der Waals surface area contributed by atoms with Crippen LogP contribution < -0.4 is 5.32 Å². The molecule has 0 aliphatic rings. The average Bonchev–Trinajstić information content (AvgIpc) is 2.95. The van der Waals surface area contributed by atoms with E-state index in [0.29, 0.717) is 0 Å². The van der Waals surface area contributed by atoms with E-state index >= 15 is 0 Å². The second kappa shape index (κ2) is 5.32. The number of fused-ring (bicyclic) bond motifs is 1. The Bertz CT molecular complexity index is 799. The molecule has 0 aliphatic carbocycles. The van der Waals surface area contributed by atoms with Crippen molar-refractivity contribution in [3.8, 4) is 6.07 Å². The van der Waals surface area contributed by atoms with Crippen LogP contribution in [0.1, 0.15) is 15.3 Å². The van der Waals surface area contributed by atoms with Gasteiger partial charge in [-0.1, -0.05) is 6.07 Å². The second-order valence-electron chi connectivity index (χ2n) is 4.56. The highest BCUT2D eigenvalue weighted by Crippen LogP contribution is 2.25. The van der Waals surface area contributed by atoms with Crippen molar-refractivity contribution in [1.82, 2.24) is 4.98 Å². The summed E-state index contributed by atoms with van der Waals surface area (Å²) in [6.07, 6.45) is 1.82. The summed E-state index contributed by atoms with van der Waals surface area (Å²) in [4.78, 5) is 6.33. The fourth-order valence-corrected chi connectivity index (χ4v) is 2.93. The van der Waals surface area contributed by atoms with Gasteiger partial charge in [-0.15, -0.1) is 11.3 Å². The number of hydrogen-bond donors (Lipinski definition) is 1. The Morgan fingerprint density at radius 1 is 1.25 bits per heavy atom. The van der Waals surface area contributed by atoms with E-state index in [9.17, 15) is 0 Å². The average molecular weight is 279 g/mol. The molecule has 3 nitrogen and oxygen atoms in total. The van der Waals surface area contributed by atoms with Gasteiger partial charge in [0.15, 0.2) is 0 Å². The van der Waals surface area contributed by atoms with Gasteiger partial charge in [-0.05, 0) is 42.8 Å². The van der Waals surface area contributed by atoms with Gasteiger partial charge in [0.25, 0.3) is 0 Å². The summed E-state index contributed by atoms with van der Waals surface area (Å²) in [5.41, 5.74) is 3.28. The summed E-state index contributed by atoms with van der Waals surface area (Å²) in [6, 6.07) is 14.2. The van der Waals surface area contributed by atoms with Crippen LogP contribution in [0.5, 0.6) is 0 Å². The van der Waals surface area contributed by atoms with Crippen LogP contribution in [0, 0.1) is 18.3 Å². The van der Waals surface area contributed by atoms with E-state index in [2.05, 4.69) is 41.5 Å². The van der Waals surface area contributed by atoms with Crippen molar-refractivity contribution < 1.29 is 0 Å². The van der Waals surface area contributed by atoms with E-state index in [1.54, 1.807) is 0 Å². The maximum atomic E-state index is 8.84. The first-order valence-corrected chi connectivity index (χ1v) is 7.16. The van der Waals surface area contributed by atoms with Crippen LogP contribution >= 0.6 is 11.3 Å². The Balaban J connectivity index is 1.88. The number of hydrogen-bond acceptors (Lipinski definition) is 4. The van der Waals surface area contributed by atoms with Gasteiger partial charge in [0.2, 0.25) is 0 Å². The third kappa shape index (κ3) is 2.36. The van der Waals surface area contributed by atoms with Crippen LogP contribution in [-0.4, -0.2) is 4.98 Å². The molecule has 20 heavy (non-hydrogen) atoms. The Morgan fingerprint density at radius 3 is 2.95 bits per heavy atom. The first-order valence-electron chi connectivity index (χ1n) is 6.35. The van der Waals surface area contributed by atoms with Crippen LogP contribution in [0.25, 0.3) is 10.9 Å². The van der Waals surface area contributed by atoms with Crippen LogP contribution in [0.3, 0.4) is 0 Å². The molecular formula is C16H13N3S. The lowest BCUT2D eigenvalue weighted by Gasteiger charge is -2.10. The van der Waals surface area contributed by atoms with Crippen LogP contribution in [0.15, 0.2) is 42.6 Å². The fraction of sp³-hybridized carbons (Fsp3) is 0.125. The predicted molar refractivity (Wildman–Crippen MR) is 82.8 cm³/mol. The molecule has 4 heteroatoms. The highest BCUT2D eigenvalue weighted by Gasteiger charge is 2.05. The third-order valence-corrected chi connectivity index (χ3v) is 4.19. The number of rotatable bonds is 3. The minimum atomic E-state index is 0.722. The predicted octanol–water partition coefficient (Wildman–Crippen LogP) is 4.09. The Hall–Kier alpha value is -2.38. The van der Waals surface area contributed by atoms with Gasteiger partial charge in [0.05, 0.1) is 5.52 Å². The smallest absolute Gasteiger partial charge is 0.110 e. The first kappa shape index (κ1) is 12.6. The number of thiophene rings is 1. The lowest BCUT2D eigenvalue weighted by molar-refractivity contribution is 1.20. The Labute approximate surface area is 121 Å². The summed E-state index contributed by atoms with van der Waals surface area (Å²) in [6.45, 7) is 2.79. The number of nitriles is 1. The highest BCUT2D eigenvalue weighted by molar-refractivity contribution is 7.12. The molecule has 0 bridgehead atoms. The van der Waals surface area contributed by atoms with Crippen molar-refractivity contribution in [2.45, 2.75) is 13.5 Å². The molecule has 1 aromatic carbocycles. The van der Waals surface area contributed by atoms with Gasteiger partial charge < -0.3 is 5.32 Å². The lowest BCUT2D eigenvalue weighted by atomic mass is 10.1. The summed E-state index contributed by atoms with van der Waals surface area (Å²) in [7, 11) is 0. The van der Waals surface area contributed by atoms with Gasteiger partial charge in [-0.25, -0.2) is 0 Å². The topological polar surface area (TPSA) is 48.7 Å². The molecule has 98 valence electrons. The van der Waals surface area contributed by atoms with Crippen molar-refractivity contribution in [2.24, 2.45) is 0 Å². The summed E-state index contributed by atoms with van der Waals surface area (Å²) in [5, 5.41) is 13.4. The highest BCUT2D eigenvalue weighted by atomic mass is 32.1. The monoisotopic (exact) mass is 279 g/mol. The van der Waals surface area contributed by atoms with E-state index in [-0.39, 0.29) is 0 Å². The molecule has 2 heterocycles. The largest absolute Gasteiger partial charge is 0.380 e. The Kier molecular flexibility index (Phi) is 3.36. The molecule has 0 atom stereocenters. The number of nitrogens with zero attached hydrogens (tertiary/aromatic N) is 2. The van der Waals surface area contributed by atoms with Crippen molar-refractivity contribution >= 4 is 27.9 Å². The quantitative estimate of drug-likeness (QED) is 0.785. The number of aromatic nitrogens is 1. The lowest BCUT2D eigenvalue weighted by Crippen LogP contribution is -1.99. The molecule has 3 aromatic rings. The number of benzene rings is 1. The van der Waals surface area contributed by atoms with Gasteiger partial charge in [0, 0.05) is 28.7 Å². The number of aryl methyl sites for hydroxylation is 1. The first-order chi connectivity index (χ1) is 9.78. The van der Waals surface area contributed by atoms with Gasteiger partial charge >= 0.3 is 0 Å². The van der Waals surface area contributed by atoms with Gasteiger partial charge in [0.1, 0.15) is 10.9 Å². The van der Waals surface area contributed by atoms with E-state index in [1.807, 2.05) is 24.4 Å². The summed E-state index contributed by atoms with van der Waals surface area (Å²) in [5.74, 6) is 0. The number of pyridine rings is 1. The van der Waals surface area contributed by atoms with E-state index < -0.39 is 0 Å². The second-order valence-corrected chi connectivity index (χ2v) is 5.73. The zero-order chi connectivity index (χ0) is 13.9. The number of anilines is 1. The van der Waals surface area contributed by atoms with Crippen molar-refractivity contribution in [3.05, 3.63) is 57.9 Å². The molecular weight excluding hydrogens is 266 g/mol. The van der Waals surface area contributed by atoms with Crippen molar-refractivity contribution in [3.63, 3.8) is 0 Å². The number of nitrogens with one attached hydrogen (secondary N) is 1. The van der Waals surface area contributed by atoms with Crippen LogP contribution in [0.2, 0.25) is 0 Å². The van der Waals surface area contributed by atoms with Gasteiger partial charge in [-0.3, -0.25) is 4.98 Å². The third-order valence-electron chi connectivity index (χ3n) is 3.20. The van der Waals surface area contributed by atoms with Crippen LogP contribution in [0.4, 0.5) is 5.69 Å². The normalized spacial score (nSPS) is 10.4. The molecule has 0 saturated heterocycles. The summed E-state index contributed by atoms with van der Waals surface area (Å²) >= 11 is 1.52. The molecule has 1 N–H and O–H groups in total. The van der Waals surface area contributed by atoms with Crippen molar-refractivity contribution in [2.75, 3.05) is 5.32 Å².